The zero-order valence-corrected chi connectivity index (χ0v) is 28.7. The fourth-order valence-corrected chi connectivity index (χ4v) is 6.13. The Morgan fingerprint density at radius 1 is 0.575 bits per heavy atom. The van der Waals surface area contributed by atoms with Crippen molar-refractivity contribution in [1.29, 1.82) is 0 Å². The van der Waals surface area contributed by atoms with Gasteiger partial charge >= 0.3 is 0 Å². The van der Waals surface area contributed by atoms with E-state index in [9.17, 15) is 0 Å². The van der Waals surface area contributed by atoms with Gasteiger partial charge in [0.1, 0.15) is 0 Å². The Kier molecular flexibility index (Phi) is 29.1. The molecule has 0 aromatic carbocycles. The summed E-state index contributed by atoms with van der Waals surface area (Å²) in [6.45, 7) is 15.2. The molecule has 0 N–H and O–H groups in total. The van der Waals surface area contributed by atoms with Gasteiger partial charge in [0.15, 0.2) is 0 Å². The van der Waals surface area contributed by atoms with E-state index in [4.69, 9.17) is 0 Å². The maximum Gasteiger partial charge on any atom is -0.00247 e. The fraction of sp³-hybridized carbons (Fsp3) is 0.846. The van der Waals surface area contributed by atoms with E-state index in [2.05, 4.69) is 77.6 Å². The van der Waals surface area contributed by atoms with Crippen molar-refractivity contribution >= 4 is 0 Å². The molecular formula is C39H75N. The lowest BCUT2D eigenvalue weighted by atomic mass is 9.77. The van der Waals surface area contributed by atoms with E-state index in [1.807, 2.05) is 0 Å². The maximum atomic E-state index is 4.62. The molecule has 0 amide bonds. The molecule has 1 heteroatoms. The van der Waals surface area contributed by atoms with Crippen molar-refractivity contribution in [3.8, 4) is 0 Å². The average molecular weight is 558 g/mol. The molecule has 0 aromatic rings. The van der Waals surface area contributed by atoms with Crippen LogP contribution in [0.15, 0.2) is 36.5 Å². The van der Waals surface area contributed by atoms with Crippen molar-refractivity contribution < 1.29 is 0 Å². The summed E-state index contributed by atoms with van der Waals surface area (Å²) in [5, 5.41) is 0. The van der Waals surface area contributed by atoms with Crippen LogP contribution in [0, 0.1) is 17.8 Å². The van der Waals surface area contributed by atoms with E-state index in [-0.39, 0.29) is 0 Å². The molecule has 3 unspecified atom stereocenters. The Bertz CT molecular complexity index is 586. The van der Waals surface area contributed by atoms with Crippen LogP contribution in [0.2, 0.25) is 0 Å². The summed E-state index contributed by atoms with van der Waals surface area (Å²) in [5.41, 5.74) is 1.52. The van der Waals surface area contributed by atoms with Crippen LogP contribution in [-0.4, -0.2) is 25.5 Å². The van der Waals surface area contributed by atoms with Gasteiger partial charge in [-0.25, -0.2) is 0 Å². The summed E-state index contributed by atoms with van der Waals surface area (Å²) >= 11 is 0. The second-order valence-electron chi connectivity index (χ2n) is 13.4. The van der Waals surface area contributed by atoms with Crippen LogP contribution in [0.25, 0.3) is 0 Å². The Balaban J connectivity index is 5.18. The van der Waals surface area contributed by atoms with Crippen molar-refractivity contribution in [2.75, 3.05) is 20.6 Å². The van der Waals surface area contributed by atoms with Gasteiger partial charge in [0.2, 0.25) is 0 Å². The first kappa shape index (κ1) is 39.2. The molecule has 0 saturated carbocycles. The molecule has 0 aliphatic carbocycles. The minimum atomic E-state index is 0.807. The van der Waals surface area contributed by atoms with Gasteiger partial charge < -0.3 is 4.90 Å². The predicted molar refractivity (Wildman–Crippen MR) is 185 cm³/mol. The highest BCUT2D eigenvalue weighted by atomic mass is 15.0. The zero-order chi connectivity index (χ0) is 29.7. The first-order chi connectivity index (χ1) is 19.4. The molecular weight excluding hydrogens is 482 g/mol. The Labute approximate surface area is 254 Å². The Hall–Kier alpha value is -0.820. The van der Waals surface area contributed by atoms with Gasteiger partial charge in [0.25, 0.3) is 0 Å². The van der Waals surface area contributed by atoms with Crippen molar-refractivity contribution in [3.05, 3.63) is 36.5 Å². The van der Waals surface area contributed by atoms with Gasteiger partial charge in [0, 0.05) is 0 Å². The van der Waals surface area contributed by atoms with Gasteiger partial charge in [-0.15, -0.1) is 0 Å². The molecule has 40 heavy (non-hydrogen) atoms. The lowest BCUT2D eigenvalue weighted by molar-refractivity contribution is 0.257. The number of unbranched alkanes of at least 4 members (excludes halogenated alkanes) is 9. The number of rotatable bonds is 30. The quantitative estimate of drug-likeness (QED) is 0.0627. The number of nitrogens with zero attached hydrogens (tertiary/aromatic N) is 1. The molecule has 0 aliphatic heterocycles. The third kappa shape index (κ3) is 26.1. The van der Waals surface area contributed by atoms with Gasteiger partial charge in [-0.05, 0) is 115 Å². The highest BCUT2D eigenvalue weighted by Gasteiger charge is 2.22. The van der Waals surface area contributed by atoms with E-state index >= 15 is 0 Å². The van der Waals surface area contributed by atoms with Crippen LogP contribution in [-0.2, 0) is 0 Å². The number of hydrogen-bond donors (Lipinski definition) is 0. The molecule has 3 atom stereocenters. The molecule has 0 radical (unpaired) electrons. The highest BCUT2D eigenvalue weighted by Crippen LogP contribution is 2.34. The Morgan fingerprint density at radius 3 is 1.82 bits per heavy atom. The lowest BCUT2D eigenvalue weighted by Crippen LogP contribution is -2.17. The normalized spacial score (nSPS) is 14.5. The molecule has 0 aromatic heterocycles. The van der Waals surface area contributed by atoms with Crippen LogP contribution in [0.5, 0.6) is 0 Å². The molecule has 1 nitrogen and oxygen atoms in total. The van der Waals surface area contributed by atoms with Crippen LogP contribution < -0.4 is 0 Å². The molecule has 0 spiro atoms. The smallest absolute Gasteiger partial charge is 0.00247 e. The van der Waals surface area contributed by atoms with Gasteiger partial charge in [-0.3, -0.25) is 0 Å². The van der Waals surface area contributed by atoms with E-state index in [1.54, 1.807) is 0 Å². The molecule has 0 aliphatic rings. The summed E-state index contributed by atoms with van der Waals surface area (Å²) in [7, 11) is 4.38. The van der Waals surface area contributed by atoms with E-state index in [0.29, 0.717) is 0 Å². The van der Waals surface area contributed by atoms with Crippen LogP contribution >= 0.6 is 0 Å². The molecule has 0 heterocycles. The van der Waals surface area contributed by atoms with Crippen molar-refractivity contribution in [2.45, 2.75) is 175 Å². The topological polar surface area (TPSA) is 3.24 Å². The monoisotopic (exact) mass is 558 g/mol. The summed E-state index contributed by atoms with van der Waals surface area (Å²) in [4.78, 5) is 2.31. The molecule has 0 rings (SSSR count). The third-order valence-electron chi connectivity index (χ3n) is 8.86. The fourth-order valence-electron chi connectivity index (χ4n) is 6.13. The van der Waals surface area contributed by atoms with Crippen molar-refractivity contribution in [2.24, 2.45) is 17.8 Å². The maximum absolute atomic E-state index is 4.62. The lowest BCUT2D eigenvalue weighted by Gasteiger charge is -2.29. The van der Waals surface area contributed by atoms with Crippen molar-refractivity contribution in [1.82, 2.24) is 4.90 Å². The number of allylic oxidation sites excluding steroid dienone is 5. The van der Waals surface area contributed by atoms with Crippen LogP contribution in [0.3, 0.4) is 0 Å². The third-order valence-corrected chi connectivity index (χ3v) is 8.86. The van der Waals surface area contributed by atoms with Crippen LogP contribution in [0.1, 0.15) is 175 Å². The minimum absolute atomic E-state index is 0.807. The van der Waals surface area contributed by atoms with Gasteiger partial charge in [-0.2, -0.15) is 0 Å². The zero-order valence-electron chi connectivity index (χ0n) is 28.7. The molecule has 0 bridgehead atoms. The second kappa shape index (κ2) is 29.7. The largest absolute Gasteiger partial charge is 0.309 e. The average Bonchev–Trinajstić information content (AvgIpc) is 2.93. The van der Waals surface area contributed by atoms with Crippen LogP contribution in [0.4, 0.5) is 0 Å². The predicted octanol–water partition coefficient (Wildman–Crippen LogP) is 13.1. The van der Waals surface area contributed by atoms with E-state index < -0.39 is 0 Å². The molecule has 0 fully saturated rings. The highest BCUT2D eigenvalue weighted by molar-refractivity contribution is 4.98. The summed E-state index contributed by atoms with van der Waals surface area (Å²) in [6, 6.07) is 0. The van der Waals surface area contributed by atoms with E-state index in [1.165, 1.54) is 160 Å². The summed E-state index contributed by atoms with van der Waals surface area (Å²) in [6.07, 6.45) is 40.7. The van der Waals surface area contributed by atoms with E-state index in [0.717, 1.165) is 17.8 Å². The van der Waals surface area contributed by atoms with Crippen molar-refractivity contribution in [3.63, 3.8) is 0 Å². The van der Waals surface area contributed by atoms with Gasteiger partial charge in [-0.1, -0.05) is 135 Å². The van der Waals surface area contributed by atoms with Gasteiger partial charge in [0.05, 0.1) is 0 Å². The molecule has 236 valence electrons. The Morgan fingerprint density at radius 2 is 1.15 bits per heavy atom. The summed E-state index contributed by atoms with van der Waals surface area (Å²) in [5.74, 6) is 2.56. The second-order valence-corrected chi connectivity index (χ2v) is 13.4. The minimum Gasteiger partial charge on any atom is -0.309 e. The summed E-state index contributed by atoms with van der Waals surface area (Å²) < 4.78 is 0. The standard InChI is InChI=1S/C39H75N/c1-8-11-14-16-18-20-23-31-38(33-27-30-36(4)28-22-13-10-3)39(32-24-21-19-17-15-12-9-2)35-37(5)29-25-26-34-40(6)7/h16,18-19,21,36,38-39H,5,8-15,17,20,22-35H2,1-4,6-7H3/b18-16+,21-19+. The molecule has 0 saturated heterocycles. The first-order valence-corrected chi connectivity index (χ1v) is 18.1. The number of hydrogen-bond acceptors (Lipinski definition) is 1. The first-order valence-electron chi connectivity index (χ1n) is 18.1. The SMILES string of the molecule is C=C(CCCCN(C)C)CC(CC/C=C/CCCCC)C(CCC/C=C/CCCC)CCCC(C)CCCCC.